The quantitative estimate of drug-likeness (QED) is 0.248. The lowest BCUT2D eigenvalue weighted by molar-refractivity contribution is -0.122. The van der Waals surface area contributed by atoms with Crippen LogP contribution < -0.4 is 0 Å². The minimum absolute atomic E-state index is 0.00595. The lowest BCUT2D eigenvalue weighted by atomic mass is 9.99. The third-order valence-electron chi connectivity index (χ3n) is 5.95. The van der Waals surface area contributed by atoms with Gasteiger partial charge >= 0.3 is 0 Å². The predicted octanol–water partition coefficient (Wildman–Crippen LogP) is 6.96. The van der Waals surface area contributed by atoms with Crippen molar-refractivity contribution in [1.29, 1.82) is 0 Å². The topological polar surface area (TPSA) is 38.1 Å². The number of hydrogen-bond acceptors (Lipinski definition) is 4. The van der Waals surface area contributed by atoms with Crippen molar-refractivity contribution in [3.05, 3.63) is 77.3 Å². The molecule has 1 saturated heterocycles. The van der Waals surface area contributed by atoms with E-state index in [1.54, 1.807) is 4.90 Å². The highest BCUT2D eigenvalue weighted by molar-refractivity contribution is 8.26. The number of para-hydroxylation sites is 1. The maximum Gasteiger partial charge on any atom is 0.266 e. The van der Waals surface area contributed by atoms with Crippen LogP contribution in [0.2, 0.25) is 0 Å². The fraction of sp³-hybridized carbons (Fsp3) is 0.296. The van der Waals surface area contributed by atoms with Crippen LogP contribution in [0.25, 0.3) is 23.0 Å². The van der Waals surface area contributed by atoms with Gasteiger partial charge in [-0.3, -0.25) is 9.69 Å². The van der Waals surface area contributed by atoms with Crippen LogP contribution >= 0.6 is 24.0 Å². The summed E-state index contributed by atoms with van der Waals surface area (Å²) in [6, 6.07) is 20.1. The molecule has 0 spiro atoms. The van der Waals surface area contributed by atoms with Crippen LogP contribution in [-0.2, 0) is 4.79 Å². The number of carbonyl (C=O) groups is 1. The third-order valence-corrected chi connectivity index (χ3v) is 7.33. The average molecular weight is 476 g/mol. The minimum atomic E-state index is 0.00595. The summed E-state index contributed by atoms with van der Waals surface area (Å²) in [6.45, 7) is 5.10. The zero-order valence-corrected chi connectivity index (χ0v) is 20.7. The van der Waals surface area contributed by atoms with Crippen LogP contribution in [0, 0.1) is 5.92 Å². The van der Waals surface area contributed by atoms with E-state index in [-0.39, 0.29) is 5.91 Å². The van der Waals surface area contributed by atoms with Crippen molar-refractivity contribution in [3.8, 4) is 16.9 Å². The first-order valence-corrected chi connectivity index (χ1v) is 12.8. The number of hydrogen-bond donors (Lipinski definition) is 0. The van der Waals surface area contributed by atoms with Crippen molar-refractivity contribution in [2.24, 2.45) is 5.92 Å². The van der Waals surface area contributed by atoms with Gasteiger partial charge in [0.2, 0.25) is 0 Å². The van der Waals surface area contributed by atoms with Gasteiger partial charge in [-0.25, -0.2) is 4.68 Å². The maximum absolute atomic E-state index is 13.3. The number of aromatic nitrogens is 2. The van der Waals surface area contributed by atoms with Gasteiger partial charge in [0.05, 0.1) is 16.3 Å². The molecule has 0 radical (unpaired) electrons. The van der Waals surface area contributed by atoms with Gasteiger partial charge in [0, 0.05) is 23.9 Å². The normalized spacial score (nSPS) is 16.1. The van der Waals surface area contributed by atoms with Gasteiger partial charge in [-0.15, -0.1) is 0 Å². The Bertz CT molecular complexity index is 1140. The summed E-state index contributed by atoms with van der Waals surface area (Å²) in [5, 5.41) is 4.86. The highest BCUT2D eigenvalue weighted by atomic mass is 32.2. The lowest BCUT2D eigenvalue weighted by Crippen LogP contribution is -2.33. The highest BCUT2D eigenvalue weighted by Crippen LogP contribution is 2.35. The van der Waals surface area contributed by atoms with E-state index in [1.165, 1.54) is 24.6 Å². The first-order chi connectivity index (χ1) is 16.1. The Labute approximate surface area is 205 Å². The number of carbonyl (C=O) groups excluding carboxylic acids is 1. The van der Waals surface area contributed by atoms with E-state index in [0.717, 1.165) is 35.3 Å². The molecule has 6 heteroatoms. The van der Waals surface area contributed by atoms with Gasteiger partial charge in [-0.05, 0) is 30.5 Å². The minimum Gasteiger partial charge on any atom is -0.293 e. The molecule has 1 atom stereocenters. The highest BCUT2D eigenvalue weighted by Gasteiger charge is 2.33. The van der Waals surface area contributed by atoms with Crippen molar-refractivity contribution >= 4 is 40.3 Å². The molecule has 3 aromatic rings. The van der Waals surface area contributed by atoms with Gasteiger partial charge in [-0.1, -0.05) is 106 Å². The molecule has 0 aliphatic carbocycles. The van der Waals surface area contributed by atoms with E-state index in [4.69, 9.17) is 17.3 Å². The molecule has 0 N–H and O–H groups in total. The molecule has 4 nitrogen and oxygen atoms in total. The molecule has 1 aliphatic heterocycles. The molecule has 1 fully saturated rings. The largest absolute Gasteiger partial charge is 0.293 e. The molecule has 33 heavy (non-hydrogen) atoms. The van der Waals surface area contributed by atoms with Gasteiger partial charge < -0.3 is 0 Å². The Morgan fingerprint density at radius 3 is 2.42 bits per heavy atom. The van der Waals surface area contributed by atoms with E-state index in [9.17, 15) is 4.79 Å². The smallest absolute Gasteiger partial charge is 0.266 e. The Morgan fingerprint density at radius 1 is 1.06 bits per heavy atom. The number of amides is 1. The zero-order chi connectivity index (χ0) is 23.2. The SMILES string of the molecule is CCCC[C@@H](CC)CN1C(=O)/C(=C/c2cn(-c3ccccc3)nc2-c2ccccc2)SC1=S. The van der Waals surface area contributed by atoms with E-state index in [0.29, 0.717) is 21.7 Å². The molecule has 1 aliphatic rings. The van der Waals surface area contributed by atoms with Crippen LogP contribution in [0.5, 0.6) is 0 Å². The van der Waals surface area contributed by atoms with Crippen molar-refractivity contribution < 1.29 is 4.79 Å². The maximum atomic E-state index is 13.3. The van der Waals surface area contributed by atoms with Crippen molar-refractivity contribution in [2.75, 3.05) is 6.54 Å². The first-order valence-electron chi connectivity index (χ1n) is 11.6. The van der Waals surface area contributed by atoms with Gasteiger partial charge in [-0.2, -0.15) is 5.10 Å². The van der Waals surface area contributed by atoms with Crippen LogP contribution in [0.3, 0.4) is 0 Å². The number of benzene rings is 2. The second kappa shape index (κ2) is 10.9. The van der Waals surface area contributed by atoms with E-state index < -0.39 is 0 Å². The number of nitrogens with zero attached hydrogens (tertiary/aromatic N) is 3. The predicted molar refractivity (Wildman–Crippen MR) is 142 cm³/mol. The Kier molecular flexibility index (Phi) is 7.78. The molecule has 2 heterocycles. The molecular formula is C27H29N3OS2. The molecule has 1 amide bonds. The van der Waals surface area contributed by atoms with Crippen molar-refractivity contribution in [3.63, 3.8) is 0 Å². The van der Waals surface area contributed by atoms with Gasteiger partial charge in [0.25, 0.3) is 5.91 Å². The zero-order valence-electron chi connectivity index (χ0n) is 19.1. The molecular weight excluding hydrogens is 446 g/mol. The molecule has 0 unspecified atom stereocenters. The number of rotatable bonds is 9. The van der Waals surface area contributed by atoms with Crippen LogP contribution in [0.1, 0.15) is 45.1 Å². The summed E-state index contributed by atoms with van der Waals surface area (Å²) in [4.78, 5) is 15.7. The fourth-order valence-corrected chi connectivity index (χ4v) is 5.27. The lowest BCUT2D eigenvalue weighted by Gasteiger charge is -2.21. The van der Waals surface area contributed by atoms with E-state index in [1.807, 2.05) is 77.6 Å². The fourth-order valence-electron chi connectivity index (χ4n) is 4.00. The summed E-state index contributed by atoms with van der Waals surface area (Å²) >= 11 is 7.00. The van der Waals surface area contributed by atoms with Gasteiger partial charge in [0.1, 0.15) is 4.32 Å². The molecule has 1 aromatic heterocycles. The average Bonchev–Trinajstić information content (AvgIpc) is 3.39. The molecule has 0 bridgehead atoms. The summed E-state index contributed by atoms with van der Waals surface area (Å²) in [5.74, 6) is 0.485. The van der Waals surface area contributed by atoms with E-state index in [2.05, 4.69) is 13.8 Å². The number of thioether (sulfide) groups is 1. The Hall–Kier alpha value is -2.70. The van der Waals surface area contributed by atoms with Crippen molar-refractivity contribution in [1.82, 2.24) is 14.7 Å². The summed E-state index contributed by atoms with van der Waals surface area (Å²) in [6.07, 6.45) is 8.47. The number of thiocarbonyl (C=S) groups is 1. The second-order valence-electron chi connectivity index (χ2n) is 8.29. The van der Waals surface area contributed by atoms with Crippen LogP contribution in [0.4, 0.5) is 0 Å². The molecule has 4 rings (SSSR count). The third kappa shape index (κ3) is 5.45. The molecule has 2 aromatic carbocycles. The number of unbranched alkanes of at least 4 members (excludes halogenated alkanes) is 1. The standard InChI is InChI=1S/C27H29N3OS2/c1-3-5-12-20(4-2)18-29-26(31)24(33-27(29)32)17-22-19-30(23-15-10-7-11-16-23)28-25(22)21-13-8-6-9-14-21/h6-11,13-17,19-20H,3-5,12,18H2,1-2H3/b24-17-/t20-/m1/s1. The van der Waals surface area contributed by atoms with Crippen molar-refractivity contribution in [2.45, 2.75) is 39.5 Å². The first kappa shape index (κ1) is 23.5. The Balaban J connectivity index is 1.66. The Morgan fingerprint density at radius 2 is 1.76 bits per heavy atom. The summed E-state index contributed by atoms with van der Waals surface area (Å²) < 4.78 is 2.52. The second-order valence-corrected chi connectivity index (χ2v) is 9.96. The molecule has 170 valence electrons. The van der Waals surface area contributed by atoms with Gasteiger partial charge in [0.15, 0.2) is 0 Å². The molecule has 0 saturated carbocycles. The van der Waals surface area contributed by atoms with Crippen LogP contribution in [0.15, 0.2) is 71.8 Å². The van der Waals surface area contributed by atoms with E-state index >= 15 is 0 Å². The summed E-state index contributed by atoms with van der Waals surface area (Å²) in [7, 11) is 0. The summed E-state index contributed by atoms with van der Waals surface area (Å²) in [5.41, 5.74) is 3.74. The van der Waals surface area contributed by atoms with Crippen LogP contribution in [-0.4, -0.2) is 31.5 Å². The monoisotopic (exact) mass is 475 g/mol.